The maximum absolute atomic E-state index is 12.4. The van der Waals surface area contributed by atoms with E-state index in [4.69, 9.17) is 13.7 Å². The number of cyclic esters (lactones) is 1. The average Bonchev–Trinajstić information content (AvgIpc) is 3.15. The number of methoxy groups -OCH3 is 1. The molecule has 1 heterocycles. The Bertz CT molecular complexity index is 1310. The first-order valence-corrected chi connectivity index (χ1v) is 11.0. The number of nitrogens with zero attached hydrogens (tertiary/aromatic N) is 1. The number of hydrogen-bond acceptors (Lipinski definition) is 7. The summed E-state index contributed by atoms with van der Waals surface area (Å²) in [6, 6.07) is 19.6. The fourth-order valence-corrected chi connectivity index (χ4v) is 3.85. The second-order valence-electron chi connectivity index (χ2n) is 6.98. The third-order valence-electron chi connectivity index (χ3n) is 4.66. The Morgan fingerprint density at radius 1 is 0.875 bits per heavy atom. The molecule has 0 unspecified atom stereocenters. The first kappa shape index (κ1) is 21.3. The molecule has 0 amide bonds. The fourth-order valence-electron chi connectivity index (χ4n) is 2.92. The van der Waals surface area contributed by atoms with Crippen LogP contribution in [0.4, 0.5) is 0 Å². The Balaban J connectivity index is 1.50. The molecule has 1 aliphatic rings. The molecule has 3 aromatic rings. The highest BCUT2D eigenvalue weighted by atomic mass is 32.2. The molecule has 7 nitrogen and oxygen atoms in total. The highest BCUT2D eigenvalue weighted by Crippen LogP contribution is 2.23. The molecular weight excluding hydrogens is 430 g/mol. The van der Waals surface area contributed by atoms with Crippen LogP contribution in [0.1, 0.15) is 16.7 Å². The Morgan fingerprint density at radius 2 is 1.50 bits per heavy atom. The van der Waals surface area contributed by atoms with E-state index in [1.165, 1.54) is 24.3 Å². The van der Waals surface area contributed by atoms with Crippen molar-refractivity contribution in [2.45, 2.75) is 11.8 Å². The highest BCUT2D eigenvalue weighted by Gasteiger charge is 2.24. The Kier molecular flexibility index (Phi) is 5.79. The molecule has 0 aromatic heterocycles. The minimum absolute atomic E-state index is 0.0726. The van der Waals surface area contributed by atoms with Crippen molar-refractivity contribution >= 4 is 28.1 Å². The van der Waals surface area contributed by atoms with E-state index in [1.54, 1.807) is 61.7 Å². The number of esters is 1. The summed E-state index contributed by atoms with van der Waals surface area (Å²) in [6.45, 7) is 1.87. The van der Waals surface area contributed by atoms with Gasteiger partial charge in [0.25, 0.3) is 0 Å². The minimum Gasteiger partial charge on any atom is -0.497 e. The van der Waals surface area contributed by atoms with Gasteiger partial charge in [-0.05, 0) is 67.1 Å². The van der Waals surface area contributed by atoms with E-state index in [0.717, 1.165) is 5.56 Å². The van der Waals surface area contributed by atoms with Crippen LogP contribution in [-0.4, -0.2) is 27.4 Å². The Hall–Kier alpha value is -3.91. The van der Waals surface area contributed by atoms with Crippen molar-refractivity contribution in [3.8, 4) is 11.5 Å². The zero-order valence-electron chi connectivity index (χ0n) is 17.3. The van der Waals surface area contributed by atoms with Gasteiger partial charge in [0, 0.05) is 5.56 Å². The molecule has 0 bridgehead atoms. The largest absolute Gasteiger partial charge is 0.497 e. The van der Waals surface area contributed by atoms with E-state index < -0.39 is 16.1 Å². The van der Waals surface area contributed by atoms with Crippen molar-refractivity contribution in [3.05, 3.63) is 95.2 Å². The number of rotatable bonds is 6. The third-order valence-corrected chi connectivity index (χ3v) is 5.92. The summed E-state index contributed by atoms with van der Waals surface area (Å²) in [7, 11) is -2.37. The van der Waals surface area contributed by atoms with Crippen molar-refractivity contribution in [3.63, 3.8) is 0 Å². The molecule has 4 rings (SSSR count). The molecule has 0 aliphatic carbocycles. The average molecular weight is 449 g/mol. The quantitative estimate of drug-likeness (QED) is 0.319. The smallest absolute Gasteiger partial charge is 0.363 e. The van der Waals surface area contributed by atoms with Crippen molar-refractivity contribution in [1.82, 2.24) is 0 Å². The minimum atomic E-state index is -3.94. The van der Waals surface area contributed by atoms with Crippen LogP contribution in [0.2, 0.25) is 0 Å². The Morgan fingerprint density at radius 3 is 2.12 bits per heavy atom. The molecule has 8 heteroatoms. The van der Waals surface area contributed by atoms with Gasteiger partial charge in [-0.1, -0.05) is 29.8 Å². The van der Waals surface area contributed by atoms with Crippen LogP contribution in [0.15, 0.2) is 88.4 Å². The van der Waals surface area contributed by atoms with Gasteiger partial charge >= 0.3 is 16.1 Å². The maximum Gasteiger partial charge on any atom is 0.363 e. The molecule has 0 fully saturated rings. The predicted molar refractivity (Wildman–Crippen MR) is 119 cm³/mol. The van der Waals surface area contributed by atoms with Crippen molar-refractivity contribution in [2.75, 3.05) is 7.11 Å². The summed E-state index contributed by atoms with van der Waals surface area (Å²) >= 11 is 0. The summed E-state index contributed by atoms with van der Waals surface area (Å²) in [5, 5.41) is 0. The van der Waals surface area contributed by atoms with Crippen LogP contribution >= 0.6 is 0 Å². The summed E-state index contributed by atoms with van der Waals surface area (Å²) in [4.78, 5) is 16.5. The predicted octanol–water partition coefficient (Wildman–Crippen LogP) is 4.12. The van der Waals surface area contributed by atoms with Gasteiger partial charge in [0.05, 0.1) is 7.11 Å². The molecule has 0 saturated carbocycles. The van der Waals surface area contributed by atoms with Crippen LogP contribution < -0.4 is 8.92 Å². The zero-order chi connectivity index (χ0) is 22.7. The molecular formula is C24H19NO6S. The molecule has 0 N–H and O–H groups in total. The highest BCUT2D eigenvalue weighted by molar-refractivity contribution is 7.87. The molecule has 3 aromatic carbocycles. The lowest BCUT2D eigenvalue weighted by Crippen LogP contribution is -2.09. The van der Waals surface area contributed by atoms with E-state index >= 15 is 0 Å². The van der Waals surface area contributed by atoms with Gasteiger partial charge in [0.1, 0.15) is 16.4 Å². The standard InChI is InChI=1S/C24H19NO6S/c1-16-3-13-21(14-4-16)32(27,28)31-20-9-5-17(6-10-20)15-22-24(26)30-23(25-22)18-7-11-19(29-2)12-8-18/h3-15H,1-2H3. The van der Waals surface area contributed by atoms with Gasteiger partial charge in [-0.15, -0.1) is 0 Å². The van der Waals surface area contributed by atoms with Crippen molar-refractivity contribution < 1.29 is 26.9 Å². The van der Waals surface area contributed by atoms with Gasteiger partial charge in [-0.25, -0.2) is 9.79 Å². The summed E-state index contributed by atoms with van der Waals surface area (Å²) in [6.07, 6.45) is 1.55. The van der Waals surface area contributed by atoms with Crippen LogP contribution in [0.3, 0.4) is 0 Å². The number of aryl methyl sites for hydroxylation is 1. The van der Waals surface area contributed by atoms with Crippen LogP contribution in [0.25, 0.3) is 6.08 Å². The van der Waals surface area contributed by atoms with Crippen molar-refractivity contribution in [1.29, 1.82) is 0 Å². The molecule has 0 radical (unpaired) electrons. The molecule has 0 atom stereocenters. The molecule has 0 saturated heterocycles. The third kappa shape index (κ3) is 4.70. The fraction of sp³-hybridized carbons (Fsp3) is 0.0833. The van der Waals surface area contributed by atoms with Crippen molar-refractivity contribution in [2.24, 2.45) is 4.99 Å². The topological polar surface area (TPSA) is 91.3 Å². The molecule has 0 spiro atoms. The van der Waals surface area contributed by atoms with E-state index in [1.807, 2.05) is 6.92 Å². The number of carbonyl (C=O) groups excluding carboxylic acids is 1. The first-order valence-electron chi connectivity index (χ1n) is 9.62. The summed E-state index contributed by atoms with van der Waals surface area (Å²) < 4.78 is 40.4. The SMILES string of the molecule is COc1ccc(C2=NC(=Cc3ccc(OS(=O)(=O)c4ccc(C)cc4)cc3)C(=O)O2)cc1. The van der Waals surface area contributed by atoms with Crippen LogP contribution in [0.5, 0.6) is 11.5 Å². The number of benzene rings is 3. The molecule has 1 aliphatic heterocycles. The van der Waals surface area contributed by atoms with Gasteiger partial charge < -0.3 is 13.7 Å². The van der Waals surface area contributed by atoms with Gasteiger partial charge in [0.15, 0.2) is 5.70 Å². The normalized spacial score (nSPS) is 14.8. The molecule has 162 valence electrons. The second-order valence-corrected chi connectivity index (χ2v) is 8.53. The lowest BCUT2D eigenvalue weighted by molar-refractivity contribution is -0.129. The second kappa shape index (κ2) is 8.68. The number of hydrogen-bond donors (Lipinski definition) is 0. The van der Waals surface area contributed by atoms with Gasteiger partial charge in [-0.3, -0.25) is 0 Å². The maximum atomic E-state index is 12.4. The van der Waals surface area contributed by atoms with Gasteiger partial charge in [-0.2, -0.15) is 8.42 Å². The van der Waals surface area contributed by atoms with E-state index in [9.17, 15) is 13.2 Å². The van der Waals surface area contributed by atoms with E-state index in [-0.39, 0.29) is 22.2 Å². The summed E-state index contributed by atoms with van der Waals surface area (Å²) in [5.41, 5.74) is 2.37. The van der Waals surface area contributed by atoms with Crippen LogP contribution in [0, 0.1) is 6.92 Å². The zero-order valence-corrected chi connectivity index (χ0v) is 18.1. The monoisotopic (exact) mass is 449 g/mol. The summed E-state index contributed by atoms with van der Waals surface area (Å²) in [5.74, 6) is 0.469. The lowest BCUT2D eigenvalue weighted by atomic mass is 10.2. The lowest BCUT2D eigenvalue weighted by Gasteiger charge is -2.07. The van der Waals surface area contributed by atoms with E-state index in [2.05, 4.69) is 4.99 Å². The van der Waals surface area contributed by atoms with E-state index in [0.29, 0.717) is 16.9 Å². The number of aliphatic imine (C=N–C) groups is 1. The van der Waals surface area contributed by atoms with Gasteiger partial charge in [0.2, 0.25) is 5.90 Å². The van der Waals surface area contributed by atoms with Crippen LogP contribution in [-0.2, 0) is 19.6 Å². The Labute approximate surface area is 185 Å². The first-order chi connectivity index (χ1) is 15.3. The number of carbonyl (C=O) groups is 1. The molecule has 32 heavy (non-hydrogen) atoms. The number of ether oxygens (including phenoxy) is 2.